The molecule has 1 atom stereocenters. The first-order chi connectivity index (χ1) is 10.0. The Labute approximate surface area is 131 Å². The highest BCUT2D eigenvalue weighted by molar-refractivity contribution is 9.10. The van der Waals surface area contributed by atoms with Crippen molar-refractivity contribution in [2.24, 2.45) is 0 Å². The quantitative estimate of drug-likeness (QED) is 0.885. The minimum absolute atomic E-state index is 0.155. The van der Waals surface area contributed by atoms with Gasteiger partial charge in [0.15, 0.2) is 0 Å². The summed E-state index contributed by atoms with van der Waals surface area (Å²) in [6.07, 6.45) is -0.728. The molecule has 0 bridgehead atoms. The third kappa shape index (κ3) is 3.74. The molecule has 0 aliphatic carbocycles. The molecule has 2 rings (SSSR count). The summed E-state index contributed by atoms with van der Waals surface area (Å²) in [5.74, 6) is 0.798. The fourth-order valence-electron chi connectivity index (χ4n) is 2.11. The summed E-state index contributed by atoms with van der Waals surface area (Å²) in [6.45, 7) is 0. The maximum atomic E-state index is 13.9. The molecule has 0 saturated carbocycles. The highest BCUT2D eigenvalue weighted by atomic mass is 79.9. The number of hydrogen-bond acceptors (Lipinski definition) is 3. The standard InChI is InChI=1S/C16H16BrFO3/c1-20-12-5-6-16(21-2)13(9-12)15(19)7-10-3-4-11(17)8-14(10)18/h3-6,8-9,15,19H,7H2,1-2H3. The predicted octanol–water partition coefficient (Wildman–Crippen LogP) is 3.88. The molecule has 21 heavy (non-hydrogen) atoms. The van der Waals surface area contributed by atoms with Gasteiger partial charge in [0.2, 0.25) is 0 Å². The summed E-state index contributed by atoms with van der Waals surface area (Å²) < 4.78 is 24.9. The average molecular weight is 355 g/mol. The smallest absolute Gasteiger partial charge is 0.127 e. The molecule has 1 unspecified atom stereocenters. The monoisotopic (exact) mass is 354 g/mol. The molecule has 2 aromatic carbocycles. The number of rotatable bonds is 5. The van der Waals surface area contributed by atoms with Crippen molar-refractivity contribution in [3.8, 4) is 11.5 Å². The molecule has 0 spiro atoms. The second-order valence-electron chi connectivity index (χ2n) is 4.56. The molecule has 0 aliphatic heterocycles. The lowest BCUT2D eigenvalue weighted by molar-refractivity contribution is 0.172. The molecule has 3 nitrogen and oxygen atoms in total. The van der Waals surface area contributed by atoms with E-state index >= 15 is 0 Å². The summed E-state index contributed by atoms with van der Waals surface area (Å²) in [5, 5.41) is 10.4. The van der Waals surface area contributed by atoms with Crippen molar-refractivity contribution in [3.05, 3.63) is 57.8 Å². The van der Waals surface area contributed by atoms with E-state index in [0.717, 1.165) is 0 Å². The second-order valence-corrected chi connectivity index (χ2v) is 5.48. The molecule has 112 valence electrons. The minimum Gasteiger partial charge on any atom is -0.497 e. The van der Waals surface area contributed by atoms with Crippen molar-refractivity contribution in [3.63, 3.8) is 0 Å². The summed E-state index contributed by atoms with van der Waals surface area (Å²) in [5.41, 5.74) is 1.01. The van der Waals surface area contributed by atoms with Crippen molar-refractivity contribution in [2.75, 3.05) is 14.2 Å². The number of aliphatic hydroxyl groups is 1. The number of hydrogen-bond donors (Lipinski definition) is 1. The highest BCUT2D eigenvalue weighted by Crippen LogP contribution is 2.31. The van der Waals surface area contributed by atoms with Crippen LogP contribution in [0.3, 0.4) is 0 Å². The van der Waals surface area contributed by atoms with Crippen LogP contribution in [0.15, 0.2) is 40.9 Å². The van der Waals surface area contributed by atoms with Gasteiger partial charge in [-0.15, -0.1) is 0 Å². The van der Waals surface area contributed by atoms with E-state index in [1.54, 1.807) is 37.4 Å². The van der Waals surface area contributed by atoms with Crippen LogP contribution in [0.4, 0.5) is 4.39 Å². The molecule has 5 heteroatoms. The third-order valence-electron chi connectivity index (χ3n) is 3.22. The summed E-state index contributed by atoms with van der Waals surface area (Å²) in [7, 11) is 3.07. The largest absolute Gasteiger partial charge is 0.497 e. The summed E-state index contributed by atoms with van der Waals surface area (Å²) in [4.78, 5) is 0. The Hall–Kier alpha value is -1.59. The molecule has 1 N–H and O–H groups in total. The van der Waals surface area contributed by atoms with Gasteiger partial charge in [-0.2, -0.15) is 0 Å². The maximum absolute atomic E-state index is 13.9. The first-order valence-corrected chi connectivity index (χ1v) is 7.18. The number of aliphatic hydroxyl groups excluding tert-OH is 1. The lowest BCUT2D eigenvalue weighted by Crippen LogP contribution is -2.06. The fourth-order valence-corrected chi connectivity index (χ4v) is 2.44. The van der Waals surface area contributed by atoms with Gasteiger partial charge in [0.05, 0.1) is 20.3 Å². The number of ether oxygens (including phenoxy) is 2. The first kappa shape index (κ1) is 15.8. The van der Waals surface area contributed by atoms with Gasteiger partial charge in [0.25, 0.3) is 0 Å². The Bertz CT molecular complexity index is 631. The summed E-state index contributed by atoms with van der Waals surface area (Å²) in [6, 6.07) is 9.93. The molecule has 0 aromatic heterocycles. The third-order valence-corrected chi connectivity index (χ3v) is 3.72. The van der Waals surface area contributed by atoms with Gasteiger partial charge in [-0.25, -0.2) is 4.39 Å². The molecule has 0 radical (unpaired) electrons. The lowest BCUT2D eigenvalue weighted by Gasteiger charge is -2.16. The Kier molecular flexibility index (Phi) is 5.20. The fraction of sp³-hybridized carbons (Fsp3) is 0.250. The van der Waals surface area contributed by atoms with Gasteiger partial charge >= 0.3 is 0 Å². The molecular formula is C16H16BrFO3. The maximum Gasteiger partial charge on any atom is 0.127 e. The Morgan fingerprint density at radius 1 is 1.14 bits per heavy atom. The second kappa shape index (κ2) is 6.91. The van der Waals surface area contributed by atoms with Crippen LogP contribution < -0.4 is 9.47 Å². The van der Waals surface area contributed by atoms with Crippen molar-refractivity contribution in [1.29, 1.82) is 0 Å². The Morgan fingerprint density at radius 3 is 2.52 bits per heavy atom. The van der Waals surface area contributed by atoms with Gasteiger partial charge in [-0.05, 0) is 35.9 Å². The van der Waals surface area contributed by atoms with Gasteiger partial charge in [0, 0.05) is 16.5 Å². The molecule has 0 amide bonds. The summed E-state index contributed by atoms with van der Waals surface area (Å²) >= 11 is 3.21. The van der Waals surface area contributed by atoms with E-state index in [1.165, 1.54) is 13.2 Å². The van der Waals surface area contributed by atoms with Crippen LogP contribution in [0.25, 0.3) is 0 Å². The van der Waals surface area contributed by atoms with Crippen LogP contribution in [0.1, 0.15) is 17.2 Å². The molecule has 0 fully saturated rings. The van der Waals surface area contributed by atoms with Crippen molar-refractivity contribution >= 4 is 15.9 Å². The van der Waals surface area contributed by atoms with Crippen molar-refractivity contribution in [2.45, 2.75) is 12.5 Å². The van der Waals surface area contributed by atoms with Gasteiger partial charge in [-0.3, -0.25) is 0 Å². The zero-order valence-electron chi connectivity index (χ0n) is 11.8. The lowest BCUT2D eigenvalue weighted by atomic mass is 10.00. The van der Waals surface area contributed by atoms with Crippen LogP contribution >= 0.6 is 15.9 Å². The minimum atomic E-state index is -0.884. The molecule has 0 heterocycles. The zero-order chi connectivity index (χ0) is 15.4. The molecule has 0 saturated heterocycles. The van der Waals surface area contributed by atoms with E-state index in [-0.39, 0.29) is 12.2 Å². The van der Waals surface area contributed by atoms with Gasteiger partial charge < -0.3 is 14.6 Å². The number of halogens is 2. The van der Waals surface area contributed by atoms with E-state index in [1.807, 2.05) is 0 Å². The van der Waals surface area contributed by atoms with Crippen LogP contribution in [0.2, 0.25) is 0 Å². The van der Waals surface area contributed by atoms with Crippen LogP contribution in [-0.4, -0.2) is 19.3 Å². The SMILES string of the molecule is COc1ccc(OC)c(C(O)Cc2ccc(Br)cc2F)c1. The van der Waals surface area contributed by atoms with Gasteiger partial charge in [0.1, 0.15) is 17.3 Å². The van der Waals surface area contributed by atoms with Crippen molar-refractivity contribution < 1.29 is 19.0 Å². The van der Waals surface area contributed by atoms with E-state index in [0.29, 0.717) is 27.1 Å². The van der Waals surface area contributed by atoms with E-state index in [9.17, 15) is 9.50 Å². The molecular weight excluding hydrogens is 339 g/mol. The average Bonchev–Trinajstić information content (AvgIpc) is 2.49. The normalized spacial score (nSPS) is 12.0. The van der Waals surface area contributed by atoms with E-state index in [4.69, 9.17) is 9.47 Å². The first-order valence-electron chi connectivity index (χ1n) is 6.39. The van der Waals surface area contributed by atoms with Crippen molar-refractivity contribution in [1.82, 2.24) is 0 Å². The molecule has 2 aromatic rings. The highest BCUT2D eigenvalue weighted by Gasteiger charge is 2.17. The topological polar surface area (TPSA) is 38.7 Å². The number of methoxy groups -OCH3 is 2. The van der Waals surface area contributed by atoms with Gasteiger partial charge in [-0.1, -0.05) is 22.0 Å². The zero-order valence-corrected chi connectivity index (χ0v) is 13.4. The van der Waals surface area contributed by atoms with E-state index < -0.39 is 6.10 Å². The predicted molar refractivity (Wildman–Crippen MR) is 82.3 cm³/mol. The van der Waals surface area contributed by atoms with Crippen LogP contribution in [0, 0.1) is 5.82 Å². The van der Waals surface area contributed by atoms with Crippen LogP contribution in [-0.2, 0) is 6.42 Å². The number of benzene rings is 2. The van der Waals surface area contributed by atoms with Crippen LogP contribution in [0.5, 0.6) is 11.5 Å². The molecule has 0 aliphatic rings. The Morgan fingerprint density at radius 2 is 1.90 bits per heavy atom. The Balaban J connectivity index is 2.28. The van der Waals surface area contributed by atoms with E-state index in [2.05, 4.69) is 15.9 Å².